The molecule has 0 spiro atoms. The van der Waals surface area contributed by atoms with E-state index in [2.05, 4.69) is 15.3 Å². The van der Waals surface area contributed by atoms with Gasteiger partial charge in [-0.1, -0.05) is 12.1 Å². The third kappa shape index (κ3) is 4.02. The molecule has 19 heavy (non-hydrogen) atoms. The van der Waals surface area contributed by atoms with Crippen LogP contribution in [-0.2, 0) is 6.42 Å². The van der Waals surface area contributed by atoms with Crippen LogP contribution in [0.25, 0.3) is 0 Å². The van der Waals surface area contributed by atoms with Crippen molar-refractivity contribution in [3.8, 4) is 0 Å². The average molecular weight is 259 g/mol. The van der Waals surface area contributed by atoms with E-state index in [9.17, 15) is 4.39 Å². The molecule has 0 radical (unpaired) electrons. The van der Waals surface area contributed by atoms with Crippen LogP contribution in [0.5, 0.6) is 0 Å². The van der Waals surface area contributed by atoms with Gasteiger partial charge in [-0.15, -0.1) is 0 Å². The zero-order chi connectivity index (χ0) is 13.7. The Morgan fingerprint density at radius 1 is 1.26 bits per heavy atom. The smallest absolute Gasteiger partial charge is 0.147 e. The minimum atomic E-state index is -0.175. The van der Waals surface area contributed by atoms with Gasteiger partial charge < -0.3 is 5.32 Å². The van der Waals surface area contributed by atoms with E-state index >= 15 is 0 Å². The summed E-state index contributed by atoms with van der Waals surface area (Å²) in [5.41, 5.74) is 2.82. The van der Waals surface area contributed by atoms with Gasteiger partial charge in [0, 0.05) is 12.7 Å². The third-order valence-electron chi connectivity index (χ3n) is 2.90. The van der Waals surface area contributed by atoms with E-state index in [4.69, 9.17) is 0 Å². The SMILES string of the molecule is Cc1cnc(C)c(NCCCc2cccc(F)c2)n1. The van der Waals surface area contributed by atoms with Crippen molar-refractivity contribution in [1.29, 1.82) is 0 Å². The number of halogens is 1. The molecular formula is C15H18FN3. The molecule has 0 atom stereocenters. The van der Waals surface area contributed by atoms with Crippen LogP contribution in [0.15, 0.2) is 30.5 Å². The second kappa shape index (κ2) is 6.27. The number of hydrogen-bond acceptors (Lipinski definition) is 3. The van der Waals surface area contributed by atoms with Gasteiger partial charge >= 0.3 is 0 Å². The van der Waals surface area contributed by atoms with Crippen LogP contribution >= 0.6 is 0 Å². The van der Waals surface area contributed by atoms with Crippen LogP contribution in [0.2, 0.25) is 0 Å². The van der Waals surface area contributed by atoms with Gasteiger partial charge in [0.25, 0.3) is 0 Å². The van der Waals surface area contributed by atoms with Gasteiger partial charge in [0.2, 0.25) is 0 Å². The Morgan fingerprint density at radius 2 is 2.11 bits per heavy atom. The Balaban J connectivity index is 1.82. The fourth-order valence-electron chi connectivity index (χ4n) is 1.90. The fraction of sp³-hybridized carbons (Fsp3) is 0.333. The maximum absolute atomic E-state index is 13.0. The molecule has 1 N–H and O–H groups in total. The number of rotatable bonds is 5. The molecule has 0 fully saturated rings. The lowest BCUT2D eigenvalue weighted by atomic mass is 10.1. The summed E-state index contributed by atoms with van der Waals surface area (Å²) in [5.74, 6) is 0.657. The predicted molar refractivity (Wildman–Crippen MR) is 74.7 cm³/mol. The number of aromatic nitrogens is 2. The number of anilines is 1. The molecule has 1 aromatic carbocycles. The molecule has 3 nitrogen and oxygen atoms in total. The Morgan fingerprint density at radius 3 is 2.89 bits per heavy atom. The molecule has 0 amide bonds. The van der Waals surface area contributed by atoms with Crippen LogP contribution in [0.3, 0.4) is 0 Å². The largest absolute Gasteiger partial charge is 0.369 e. The van der Waals surface area contributed by atoms with Crippen LogP contribution in [0, 0.1) is 19.7 Å². The maximum atomic E-state index is 13.0. The Bertz CT molecular complexity index is 555. The van der Waals surface area contributed by atoms with Crippen molar-refractivity contribution in [3.63, 3.8) is 0 Å². The fourth-order valence-corrected chi connectivity index (χ4v) is 1.90. The number of nitrogens with zero attached hydrogens (tertiary/aromatic N) is 2. The molecule has 0 saturated heterocycles. The summed E-state index contributed by atoms with van der Waals surface area (Å²) in [5, 5.41) is 3.27. The lowest BCUT2D eigenvalue weighted by Crippen LogP contribution is -2.07. The van der Waals surface area contributed by atoms with Crippen molar-refractivity contribution in [2.45, 2.75) is 26.7 Å². The molecule has 0 unspecified atom stereocenters. The minimum Gasteiger partial charge on any atom is -0.369 e. The summed E-state index contributed by atoms with van der Waals surface area (Å²) in [7, 11) is 0. The molecule has 4 heteroatoms. The summed E-state index contributed by atoms with van der Waals surface area (Å²) >= 11 is 0. The highest BCUT2D eigenvalue weighted by Crippen LogP contribution is 2.10. The summed E-state index contributed by atoms with van der Waals surface area (Å²) in [6.45, 7) is 4.65. The number of aryl methyl sites for hydroxylation is 3. The van der Waals surface area contributed by atoms with Crippen molar-refractivity contribution in [2.75, 3.05) is 11.9 Å². The first kappa shape index (κ1) is 13.5. The van der Waals surface area contributed by atoms with Gasteiger partial charge in [-0.25, -0.2) is 9.37 Å². The van der Waals surface area contributed by atoms with Crippen molar-refractivity contribution in [3.05, 3.63) is 53.2 Å². The lowest BCUT2D eigenvalue weighted by Gasteiger charge is -2.08. The van der Waals surface area contributed by atoms with E-state index in [1.807, 2.05) is 19.9 Å². The topological polar surface area (TPSA) is 37.8 Å². The first-order valence-corrected chi connectivity index (χ1v) is 6.44. The summed E-state index contributed by atoms with van der Waals surface area (Å²) in [6, 6.07) is 6.74. The van der Waals surface area contributed by atoms with E-state index in [1.54, 1.807) is 18.3 Å². The molecule has 0 bridgehead atoms. The summed E-state index contributed by atoms with van der Waals surface area (Å²) in [6.07, 6.45) is 3.54. The Hall–Kier alpha value is -1.97. The Kier molecular flexibility index (Phi) is 4.44. The van der Waals surface area contributed by atoms with Crippen molar-refractivity contribution in [2.24, 2.45) is 0 Å². The van der Waals surface area contributed by atoms with Crippen LogP contribution in [0.1, 0.15) is 23.4 Å². The molecule has 0 aliphatic carbocycles. The molecule has 1 heterocycles. The second-order valence-corrected chi connectivity index (χ2v) is 4.61. The zero-order valence-electron chi connectivity index (χ0n) is 11.3. The quantitative estimate of drug-likeness (QED) is 0.837. The number of nitrogens with one attached hydrogen (secondary N) is 1. The lowest BCUT2D eigenvalue weighted by molar-refractivity contribution is 0.624. The first-order valence-electron chi connectivity index (χ1n) is 6.44. The molecule has 2 rings (SSSR count). The van der Waals surface area contributed by atoms with Gasteiger partial charge in [0.15, 0.2) is 0 Å². The van der Waals surface area contributed by atoms with Crippen molar-refractivity contribution < 1.29 is 4.39 Å². The molecule has 100 valence electrons. The second-order valence-electron chi connectivity index (χ2n) is 4.61. The van der Waals surface area contributed by atoms with E-state index in [1.165, 1.54) is 6.07 Å². The summed E-state index contributed by atoms with van der Waals surface area (Å²) in [4.78, 5) is 8.65. The maximum Gasteiger partial charge on any atom is 0.147 e. The van der Waals surface area contributed by atoms with Gasteiger partial charge in [-0.05, 0) is 44.4 Å². The Labute approximate surface area is 112 Å². The molecule has 2 aromatic rings. The van der Waals surface area contributed by atoms with Crippen molar-refractivity contribution in [1.82, 2.24) is 9.97 Å². The zero-order valence-corrected chi connectivity index (χ0v) is 11.3. The van der Waals surface area contributed by atoms with E-state index in [0.717, 1.165) is 42.2 Å². The predicted octanol–water partition coefficient (Wildman–Crippen LogP) is 3.28. The summed E-state index contributed by atoms with van der Waals surface area (Å²) < 4.78 is 13.0. The van der Waals surface area contributed by atoms with Gasteiger partial charge in [0.1, 0.15) is 11.6 Å². The molecule has 0 aliphatic rings. The minimum absolute atomic E-state index is 0.175. The van der Waals surface area contributed by atoms with Crippen LogP contribution in [-0.4, -0.2) is 16.5 Å². The molecular weight excluding hydrogens is 241 g/mol. The molecule has 0 aliphatic heterocycles. The van der Waals surface area contributed by atoms with E-state index in [-0.39, 0.29) is 5.82 Å². The van der Waals surface area contributed by atoms with Crippen molar-refractivity contribution >= 4 is 5.82 Å². The van der Waals surface area contributed by atoms with Crippen LogP contribution in [0.4, 0.5) is 10.2 Å². The van der Waals surface area contributed by atoms with E-state index < -0.39 is 0 Å². The van der Waals surface area contributed by atoms with Gasteiger partial charge in [0.05, 0.1) is 11.4 Å². The standard InChI is InChI=1S/C15H18FN3/c1-11-10-18-12(2)15(19-11)17-8-4-6-13-5-3-7-14(16)9-13/h3,5,7,9-10H,4,6,8H2,1-2H3,(H,17,19). The number of benzene rings is 1. The highest BCUT2D eigenvalue weighted by molar-refractivity contribution is 5.39. The first-order chi connectivity index (χ1) is 9.15. The van der Waals surface area contributed by atoms with Gasteiger partial charge in [-0.3, -0.25) is 4.98 Å². The highest BCUT2D eigenvalue weighted by atomic mass is 19.1. The number of hydrogen-bond donors (Lipinski definition) is 1. The van der Waals surface area contributed by atoms with Crippen LogP contribution < -0.4 is 5.32 Å². The average Bonchev–Trinajstić information content (AvgIpc) is 2.39. The highest BCUT2D eigenvalue weighted by Gasteiger charge is 2.01. The monoisotopic (exact) mass is 259 g/mol. The third-order valence-corrected chi connectivity index (χ3v) is 2.90. The molecule has 0 saturated carbocycles. The normalized spacial score (nSPS) is 10.5. The van der Waals surface area contributed by atoms with Gasteiger partial charge in [-0.2, -0.15) is 0 Å². The molecule has 1 aromatic heterocycles. The van der Waals surface area contributed by atoms with E-state index in [0.29, 0.717) is 0 Å².